The van der Waals surface area contributed by atoms with E-state index in [9.17, 15) is 14.7 Å². The molecular formula is C23H27NO5S. The van der Waals surface area contributed by atoms with Crippen molar-refractivity contribution in [2.45, 2.75) is 42.9 Å². The van der Waals surface area contributed by atoms with Crippen molar-refractivity contribution in [1.29, 1.82) is 0 Å². The minimum Gasteiger partial charge on any atom is -0.490 e. The van der Waals surface area contributed by atoms with Crippen LogP contribution in [0.2, 0.25) is 0 Å². The smallest absolute Gasteiger partial charge is 0.316 e. The zero-order valence-corrected chi connectivity index (χ0v) is 18.1. The normalized spacial score (nSPS) is 15.5. The molecule has 0 aromatic heterocycles. The maximum absolute atomic E-state index is 13.1. The quantitative estimate of drug-likeness (QED) is 0.630. The minimum absolute atomic E-state index is 0.0207. The molecule has 1 fully saturated rings. The number of rotatable bonds is 8. The Balaban J connectivity index is 1.62. The third-order valence-corrected chi connectivity index (χ3v) is 6.11. The van der Waals surface area contributed by atoms with Gasteiger partial charge in [0, 0.05) is 30.8 Å². The van der Waals surface area contributed by atoms with E-state index in [1.165, 1.54) is 11.8 Å². The molecule has 0 saturated carbocycles. The molecule has 0 radical (unpaired) electrons. The van der Waals surface area contributed by atoms with E-state index < -0.39 is 11.2 Å². The van der Waals surface area contributed by atoms with Crippen molar-refractivity contribution in [2.24, 2.45) is 0 Å². The second-order valence-corrected chi connectivity index (χ2v) is 8.47. The van der Waals surface area contributed by atoms with Gasteiger partial charge in [-0.3, -0.25) is 9.59 Å². The van der Waals surface area contributed by atoms with Crippen LogP contribution in [0.15, 0.2) is 53.4 Å². The molecule has 1 aliphatic heterocycles. The van der Waals surface area contributed by atoms with Crippen molar-refractivity contribution in [3.63, 3.8) is 0 Å². The zero-order valence-electron chi connectivity index (χ0n) is 17.2. The van der Waals surface area contributed by atoms with Crippen LogP contribution >= 0.6 is 11.8 Å². The van der Waals surface area contributed by atoms with E-state index in [1.807, 2.05) is 48.2 Å². The molecule has 1 amide bonds. The maximum atomic E-state index is 13.1. The molecule has 1 heterocycles. The Labute approximate surface area is 181 Å². The fourth-order valence-corrected chi connectivity index (χ4v) is 4.26. The van der Waals surface area contributed by atoms with Gasteiger partial charge in [-0.05, 0) is 38.1 Å². The molecule has 2 aromatic rings. The first-order valence-corrected chi connectivity index (χ1v) is 11.0. The topological polar surface area (TPSA) is 76.1 Å². The number of piperidine rings is 1. The first-order chi connectivity index (χ1) is 14.5. The summed E-state index contributed by atoms with van der Waals surface area (Å²) in [6.45, 7) is 5.32. The molecule has 6 nitrogen and oxygen atoms in total. The van der Waals surface area contributed by atoms with Crippen molar-refractivity contribution in [3.8, 4) is 11.5 Å². The van der Waals surface area contributed by atoms with Crippen LogP contribution in [-0.4, -0.2) is 52.9 Å². The molecule has 160 valence electrons. The van der Waals surface area contributed by atoms with E-state index in [4.69, 9.17) is 9.47 Å². The van der Waals surface area contributed by atoms with Crippen LogP contribution in [0.25, 0.3) is 0 Å². The van der Waals surface area contributed by atoms with Gasteiger partial charge in [0.1, 0.15) is 11.4 Å². The molecule has 7 heteroatoms. The van der Waals surface area contributed by atoms with Crippen LogP contribution in [0, 0.1) is 0 Å². The highest BCUT2D eigenvalue weighted by Gasteiger charge is 2.27. The number of likely N-dealkylation sites (tertiary alicyclic amines) is 1. The van der Waals surface area contributed by atoms with Crippen molar-refractivity contribution < 1.29 is 24.2 Å². The lowest BCUT2D eigenvalue weighted by molar-refractivity contribution is -0.136. The number of benzene rings is 2. The average molecular weight is 430 g/mol. The van der Waals surface area contributed by atoms with Crippen molar-refractivity contribution in [1.82, 2.24) is 4.90 Å². The number of ether oxygens (including phenoxy) is 2. The molecule has 30 heavy (non-hydrogen) atoms. The van der Waals surface area contributed by atoms with Gasteiger partial charge in [0.05, 0.1) is 12.2 Å². The largest absolute Gasteiger partial charge is 0.490 e. The number of carboxylic acid groups (broad SMARTS) is 1. The molecule has 1 saturated heterocycles. The van der Waals surface area contributed by atoms with Gasteiger partial charge in [0.15, 0.2) is 11.5 Å². The Kier molecular flexibility index (Phi) is 7.63. The van der Waals surface area contributed by atoms with Crippen LogP contribution in [0.5, 0.6) is 11.5 Å². The molecule has 0 aliphatic carbocycles. The average Bonchev–Trinajstić information content (AvgIpc) is 2.75. The molecule has 1 N–H and O–H groups in total. The molecule has 1 aliphatic rings. The molecule has 2 aromatic carbocycles. The highest BCUT2D eigenvalue weighted by Crippen LogP contribution is 2.31. The second-order valence-electron chi connectivity index (χ2n) is 7.08. The van der Waals surface area contributed by atoms with Gasteiger partial charge in [-0.25, -0.2) is 0 Å². The minimum atomic E-state index is -0.896. The summed E-state index contributed by atoms with van der Waals surface area (Å²) in [7, 11) is 0. The number of amides is 1. The van der Waals surface area contributed by atoms with Crippen LogP contribution in [0.3, 0.4) is 0 Å². The Morgan fingerprint density at radius 2 is 1.73 bits per heavy atom. The van der Waals surface area contributed by atoms with E-state index in [2.05, 4.69) is 0 Å². The predicted molar refractivity (Wildman–Crippen MR) is 117 cm³/mol. The van der Waals surface area contributed by atoms with Gasteiger partial charge in [-0.15, -0.1) is 11.8 Å². The first kappa shape index (κ1) is 22.0. The summed E-state index contributed by atoms with van der Waals surface area (Å²) >= 11 is 1.19. The lowest BCUT2D eigenvalue weighted by Gasteiger charge is -2.33. The number of carboxylic acids is 1. The van der Waals surface area contributed by atoms with Gasteiger partial charge in [0.25, 0.3) is 5.91 Å². The van der Waals surface area contributed by atoms with E-state index in [0.29, 0.717) is 30.2 Å². The number of hydrogen-bond acceptors (Lipinski definition) is 5. The summed E-state index contributed by atoms with van der Waals surface area (Å²) in [5.41, 5.74) is 0.552. The Hall–Kier alpha value is -2.67. The summed E-state index contributed by atoms with van der Waals surface area (Å²) in [4.78, 5) is 26.8. The molecule has 0 spiro atoms. The molecule has 0 bridgehead atoms. The Morgan fingerprint density at radius 1 is 1.10 bits per heavy atom. The fourth-order valence-electron chi connectivity index (χ4n) is 3.34. The number of aliphatic carboxylic acids is 1. The lowest BCUT2D eigenvalue weighted by atomic mass is 10.1. The van der Waals surface area contributed by atoms with Gasteiger partial charge in [-0.2, -0.15) is 0 Å². The molecular weight excluding hydrogens is 402 g/mol. The number of para-hydroxylation sites is 2. The maximum Gasteiger partial charge on any atom is 0.316 e. The van der Waals surface area contributed by atoms with Gasteiger partial charge in [-0.1, -0.05) is 24.3 Å². The van der Waals surface area contributed by atoms with Crippen molar-refractivity contribution >= 4 is 23.6 Å². The van der Waals surface area contributed by atoms with Crippen LogP contribution in [0.1, 0.15) is 37.0 Å². The summed E-state index contributed by atoms with van der Waals surface area (Å²) in [5, 5.41) is 8.56. The number of hydrogen-bond donors (Lipinski definition) is 1. The first-order valence-electron chi connectivity index (χ1n) is 10.2. The summed E-state index contributed by atoms with van der Waals surface area (Å²) in [6.07, 6.45) is 1.48. The summed E-state index contributed by atoms with van der Waals surface area (Å²) in [5.74, 6) is 0.502. The highest BCUT2D eigenvalue weighted by molar-refractivity contribution is 8.00. The van der Waals surface area contributed by atoms with Crippen molar-refractivity contribution in [3.05, 3.63) is 54.1 Å². The van der Waals surface area contributed by atoms with Gasteiger partial charge >= 0.3 is 5.97 Å². The fraction of sp³-hybridized carbons (Fsp3) is 0.391. The third-order valence-electron chi connectivity index (χ3n) is 4.94. The molecule has 0 unspecified atom stereocenters. The van der Waals surface area contributed by atoms with Gasteiger partial charge < -0.3 is 19.5 Å². The number of carbonyl (C=O) groups excluding carboxylic acids is 1. The van der Waals surface area contributed by atoms with Crippen LogP contribution in [0.4, 0.5) is 0 Å². The monoisotopic (exact) mass is 429 g/mol. The zero-order chi connectivity index (χ0) is 21.5. The summed E-state index contributed by atoms with van der Waals surface area (Å²) < 4.78 is 11.8. The number of thioether (sulfide) groups is 1. The standard InChI is InChI=1S/C23H27NO5S/c1-3-28-19-9-5-6-10-20(19)29-17-12-14-24(15-13-17)22(25)18-8-4-7-11-21(18)30-16(2)23(26)27/h4-11,16-17H,3,12-15H2,1-2H3,(H,26,27)/t16-/m1/s1. The third kappa shape index (κ3) is 5.48. The second kappa shape index (κ2) is 10.4. The Morgan fingerprint density at radius 3 is 2.40 bits per heavy atom. The lowest BCUT2D eigenvalue weighted by Crippen LogP contribution is -2.42. The Bertz CT molecular complexity index is 879. The highest BCUT2D eigenvalue weighted by atomic mass is 32.2. The predicted octanol–water partition coefficient (Wildman–Crippen LogP) is 4.33. The van der Waals surface area contributed by atoms with E-state index in [-0.39, 0.29) is 12.0 Å². The van der Waals surface area contributed by atoms with Crippen LogP contribution < -0.4 is 9.47 Å². The van der Waals surface area contributed by atoms with E-state index >= 15 is 0 Å². The number of nitrogens with zero attached hydrogens (tertiary/aromatic N) is 1. The number of carbonyl (C=O) groups is 2. The molecule has 1 atom stereocenters. The van der Waals surface area contributed by atoms with Gasteiger partial charge in [0.2, 0.25) is 0 Å². The van der Waals surface area contributed by atoms with Crippen molar-refractivity contribution in [2.75, 3.05) is 19.7 Å². The summed E-state index contributed by atoms with van der Waals surface area (Å²) in [6, 6.07) is 14.8. The van der Waals surface area contributed by atoms with E-state index in [1.54, 1.807) is 19.1 Å². The van der Waals surface area contributed by atoms with Crippen LogP contribution in [-0.2, 0) is 4.79 Å². The SMILES string of the molecule is CCOc1ccccc1OC1CCN(C(=O)c2ccccc2S[C@H](C)C(=O)O)CC1. The van der Waals surface area contributed by atoms with E-state index in [0.717, 1.165) is 24.3 Å². The molecule has 3 rings (SSSR count).